The van der Waals surface area contributed by atoms with Crippen LogP contribution in [-0.4, -0.2) is 10.8 Å². The van der Waals surface area contributed by atoms with Gasteiger partial charge in [-0.1, -0.05) is 18.2 Å². The summed E-state index contributed by atoms with van der Waals surface area (Å²) in [6.45, 7) is 0.652. The van der Waals surface area contributed by atoms with E-state index in [1.54, 1.807) is 18.3 Å². The Hall–Kier alpha value is -2.54. The highest BCUT2D eigenvalue weighted by atomic mass is 16.1. The lowest BCUT2D eigenvalue weighted by molar-refractivity contribution is -0.114. The van der Waals surface area contributed by atoms with E-state index in [-0.39, 0.29) is 5.91 Å². The third-order valence-corrected chi connectivity index (χ3v) is 2.72. The number of nitrogens with two attached hydrogens (primary N) is 1. The van der Waals surface area contributed by atoms with Gasteiger partial charge in [0, 0.05) is 24.5 Å². The van der Waals surface area contributed by atoms with Gasteiger partial charge in [-0.25, -0.2) is 0 Å². The maximum Gasteiger partial charge on any atom is 0.246 e. The van der Waals surface area contributed by atoms with Gasteiger partial charge in [-0.2, -0.15) is 5.26 Å². The Balaban J connectivity index is 2.09. The molecule has 0 spiro atoms. The predicted molar refractivity (Wildman–Crippen MR) is 67.7 cm³/mol. The second-order valence-electron chi connectivity index (χ2n) is 4.09. The summed E-state index contributed by atoms with van der Waals surface area (Å²) >= 11 is 0. The van der Waals surface area contributed by atoms with Gasteiger partial charge in [-0.15, -0.1) is 0 Å². The topological polar surface area (TPSA) is 70.1 Å². The largest absolute Gasteiger partial charge is 0.366 e. The minimum atomic E-state index is -0.385. The number of primary amides is 1. The van der Waals surface area contributed by atoms with Gasteiger partial charge in [0.25, 0.3) is 0 Å². The minimum absolute atomic E-state index is 0.385. The first-order valence-corrected chi connectivity index (χ1v) is 5.61. The van der Waals surface area contributed by atoms with Crippen LogP contribution >= 0.6 is 0 Å². The number of carbonyl (C=O) groups is 1. The number of nitrogens with zero attached hydrogens (tertiary/aromatic N) is 2. The van der Waals surface area contributed by atoms with E-state index < -0.39 is 0 Å². The van der Waals surface area contributed by atoms with Gasteiger partial charge >= 0.3 is 0 Å². The van der Waals surface area contributed by atoms with Crippen LogP contribution in [0.2, 0.25) is 0 Å². The highest BCUT2D eigenvalue weighted by molar-refractivity contribution is 5.92. The lowest BCUT2D eigenvalue weighted by Crippen LogP contribution is -2.20. The number of hydrogen-bond donors (Lipinski definition) is 1. The Morgan fingerprint density at radius 1 is 1.39 bits per heavy atom. The van der Waals surface area contributed by atoms with Gasteiger partial charge in [-0.05, 0) is 24.1 Å². The monoisotopic (exact) mass is 239 g/mol. The number of carbonyl (C=O) groups excluding carboxylic acids is 1. The molecule has 0 bridgehead atoms. The van der Waals surface area contributed by atoms with E-state index in [0.717, 1.165) is 5.56 Å². The number of amides is 1. The Morgan fingerprint density at radius 2 is 2.11 bits per heavy atom. The number of hydrogen-bond acceptors (Lipinski definition) is 3. The van der Waals surface area contributed by atoms with Gasteiger partial charge in [0.1, 0.15) is 0 Å². The molecule has 0 saturated carbocycles. The van der Waals surface area contributed by atoms with Crippen molar-refractivity contribution in [2.75, 3.05) is 0 Å². The number of benzene rings is 1. The summed E-state index contributed by atoms with van der Waals surface area (Å²) in [5.41, 5.74) is 7.57. The zero-order valence-corrected chi connectivity index (χ0v) is 9.84. The van der Waals surface area contributed by atoms with E-state index in [0.29, 0.717) is 24.1 Å². The molecule has 90 valence electrons. The quantitative estimate of drug-likeness (QED) is 0.871. The molecule has 4 heteroatoms. The van der Waals surface area contributed by atoms with Crippen LogP contribution in [-0.2, 0) is 11.3 Å². The summed E-state index contributed by atoms with van der Waals surface area (Å²) in [7, 11) is 0. The van der Waals surface area contributed by atoms with E-state index in [9.17, 15) is 4.79 Å². The molecule has 1 aromatic rings. The van der Waals surface area contributed by atoms with Crippen LogP contribution in [0.1, 0.15) is 17.5 Å². The van der Waals surface area contributed by atoms with Crippen molar-refractivity contribution in [3.8, 4) is 6.07 Å². The van der Waals surface area contributed by atoms with Crippen LogP contribution in [0.3, 0.4) is 0 Å². The summed E-state index contributed by atoms with van der Waals surface area (Å²) in [5, 5.41) is 8.71. The zero-order chi connectivity index (χ0) is 13.0. The summed E-state index contributed by atoms with van der Waals surface area (Å²) in [4.78, 5) is 13.0. The molecule has 1 aliphatic heterocycles. The van der Waals surface area contributed by atoms with Crippen molar-refractivity contribution in [2.24, 2.45) is 5.73 Å². The highest BCUT2D eigenvalue weighted by Gasteiger charge is 2.09. The summed E-state index contributed by atoms with van der Waals surface area (Å²) < 4.78 is 0. The van der Waals surface area contributed by atoms with Crippen molar-refractivity contribution in [2.45, 2.75) is 13.0 Å². The molecule has 0 aliphatic carbocycles. The predicted octanol–water partition coefficient (Wildman–Crippen LogP) is 1.65. The molecule has 1 aromatic carbocycles. The van der Waals surface area contributed by atoms with Crippen LogP contribution in [0.25, 0.3) is 0 Å². The van der Waals surface area contributed by atoms with Crippen molar-refractivity contribution < 1.29 is 4.79 Å². The zero-order valence-electron chi connectivity index (χ0n) is 9.84. The van der Waals surface area contributed by atoms with Crippen molar-refractivity contribution in [1.29, 1.82) is 5.26 Å². The second kappa shape index (κ2) is 5.19. The van der Waals surface area contributed by atoms with Gasteiger partial charge in [0.15, 0.2) is 0 Å². The normalized spacial score (nSPS) is 13.9. The fourth-order valence-electron chi connectivity index (χ4n) is 1.77. The third-order valence-electron chi connectivity index (χ3n) is 2.72. The molecule has 1 amide bonds. The molecule has 0 fully saturated rings. The van der Waals surface area contributed by atoms with E-state index in [2.05, 4.69) is 6.07 Å². The first-order valence-electron chi connectivity index (χ1n) is 5.61. The maximum atomic E-state index is 11.1. The van der Waals surface area contributed by atoms with Crippen molar-refractivity contribution in [3.63, 3.8) is 0 Å². The Bertz CT molecular complexity index is 549. The van der Waals surface area contributed by atoms with Gasteiger partial charge < -0.3 is 10.6 Å². The molecular weight excluding hydrogens is 226 g/mol. The number of nitriles is 1. The highest BCUT2D eigenvalue weighted by Crippen LogP contribution is 2.15. The molecule has 18 heavy (non-hydrogen) atoms. The average molecular weight is 239 g/mol. The molecule has 0 aromatic heterocycles. The van der Waals surface area contributed by atoms with Crippen LogP contribution in [0, 0.1) is 11.3 Å². The van der Waals surface area contributed by atoms with Crippen LogP contribution < -0.4 is 5.73 Å². The molecule has 0 radical (unpaired) electrons. The first kappa shape index (κ1) is 11.9. The molecule has 4 nitrogen and oxygen atoms in total. The van der Waals surface area contributed by atoms with Gasteiger partial charge in [0.05, 0.1) is 11.6 Å². The summed E-state index contributed by atoms with van der Waals surface area (Å²) in [6.07, 6.45) is 6.17. The molecule has 0 saturated heterocycles. The maximum absolute atomic E-state index is 11.1. The molecule has 2 rings (SSSR count). The van der Waals surface area contributed by atoms with Gasteiger partial charge in [-0.3, -0.25) is 4.79 Å². The molecule has 2 N–H and O–H groups in total. The van der Waals surface area contributed by atoms with Crippen LogP contribution in [0.5, 0.6) is 0 Å². The standard InChI is InChI=1S/C14H13N3O/c15-8-11-3-5-12(6-4-11)9-17-7-1-2-13(10-17)14(16)18/h1,3-7,10H,2,9H2,(H2,16,18). The molecule has 0 atom stereocenters. The molecular formula is C14H13N3O. The van der Waals surface area contributed by atoms with E-state index in [1.165, 1.54) is 0 Å². The Kier molecular flexibility index (Phi) is 3.44. The molecule has 1 aliphatic rings. The fraction of sp³-hybridized carbons (Fsp3) is 0.143. The first-order chi connectivity index (χ1) is 8.69. The Morgan fingerprint density at radius 3 is 2.72 bits per heavy atom. The summed E-state index contributed by atoms with van der Waals surface area (Å²) in [6, 6.07) is 9.44. The SMILES string of the molecule is N#Cc1ccc(CN2C=CCC(C(N)=O)=C2)cc1. The summed E-state index contributed by atoms with van der Waals surface area (Å²) in [5.74, 6) is -0.385. The van der Waals surface area contributed by atoms with Crippen molar-refractivity contribution in [1.82, 2.24) is 4.90 Å². The van der Waals surface area contributed by atoms with Crippen LogP contribution in [0.4, 0.5) is 0 Å². The van der Waals surface area contributed by atoms with Gasteiger partial charge in [0.2, 0.25) is 5.91 Å². The van der Waals surface area contributed by atoms with Crippen molar-refractivity contribution in [3.05, 3.63) is 59.4 Å². The smallest absolute Gasteiger partial charge is 0.246 e. The Labute approximate surface area is 106 Å². The average Bonchev–Trinajstić information content (AvgIpc) is 2.40. The lowest BCUT2D eigenvalue weighted by atomic mass is 10.1. The molecule has 0 unspecified atom stereocenters. The van der Waals surface area contributed by atoms with E-state index in [1.807, 2.05) is 29.3 Å². The van der Waals surface area contributed by atoms with Crippen molar-refractivity contribution >= 4 is 5.91 Å². The lowest BCUT2D eigenvalue weighted by Gasteiger charge is -2.20. The minimum Gasteiger partial charge on any atom is -0.366 e. The third kappa shape index (κ3) is 2.77. The van der Waals surface area contributed by atoms with E-state index in [4.69, 9.17) is 11.0 Å². The number of rotatable bonds is 3. The molecule has 1 heterocycles. The van der Waals surface area contributed by atoms with E-state index >= 15 is 0 Å². The fourth-order valence-corrected chi connectivity index (χ4v) is 1.77. The van der Waals surface area contributed by atoms with Crippen LogP contribution in [0.15, 0.2) is 48.3 Å². The number of allylic oxidation sites excluding steroid dienone is 1. The second-order valence-corrected chi connectivity index (χ2v) is 4.09.